The summed E-state index contributed by atoms with van der Waals surface area (Å²) < 4.78 is 6.60. The van der Waals surface area contributed by atoms with E-state index >= 15 is 0 Å². The van der Waals surface area contributed by atoms with Crippen molar-refractivity contribution in [3.8, 4) is 11.8 Å². The van der Waals surface area contributed by atoms with Gasteiger partial charge in [-0.05, 0) is 64.6 Å². The molecule has 0 fully saturated rings. The van der Waals surface area contributed by atoms with Gasteiger partial charge in [0.1, 0.15) is 5.75 Å². The second-order valence-corrected chi connectivity index (χ2v) is 6.05. The lowest BCUT2D eigenvalue weighted by molar-refractivity contribution is -0.132. The highest BCUT2D eigenvalue weighted by molar-refractivity contribution is 14.1. The number of benzene rings is 2. The van der Waals surface area contributed by atoms with Crippen LogP contribution in [0.2, 0.25) is 0 Å². The summed E-state index contributed by atoms with van der Waals surface area (Å²) in [5.74, 6) is 0.564. The Morgan fingerprint density at radius 1 is 1.27 bits per heavy atom. The highest BCUT2D eigenvalue weighted by Gasteiger charge is 2.10. The first-order valence-corrected chi connectivity index (χ1v) is 7.78. The van der Waals surface area contributed by atoms with Gasteiger partial charge in [-0.3, -0.25) is 4.79 Å². The van der Waals surface area contributed by atoms with Gasteiger partial charge >= 0.3 is 0 Å². The molecule has 22 heavy (non-hydrogen) atoms. The van der Waals surface area contributed by atoms with Crippen molar-refractivity contribution in [3.05, 3.63) is 63.2 Å². The number of rotatable bonds is 5. The number of nitrogens with zero attached hydrogens (tertiary/aromatic N) is 2. The maximum absolute atomic E-state index is 12.1. The molecule has 0 saturated heterocycles. The van der Waals surface area contributed by atoms with Crippen LogP contribution in [0.3, 0.4) is 0 Å². The summed E-state index contributed by atoms with van der Waals surface area (Å²) in [6, 6.07) is 16.9. The molecular formula is C17H15IN2O2. The van der Waals surface area contributed by atoms with Crippen molar-refractivity contribution in [2.45, 2.75) is 6.54 Å². The second kappa shape index (κ2) is 7.80. The minimum Gasteiger partial charge on any atom is -0.484 e. The van der Waals surface area contributed by atoms with E-state index in [1.807, 2.05) is 36.4 Å². The number of hydrogen-bond donors (Lipinski definition) is 0. The highest BCUT2D eigenvalue weighted by atomic mass is 127. The van der Waals surface area contributed by atoms with Crippen molar-refractivity contribution in [2.75, 3.05) is 13.7 Å². The maximum Gasteiger partial charge on any atom is 0.260 e. The Hall–Kier alpha value is -2.07. The summed E-state index contributed by atoms with van der Waals surface area (Å²) in [4.78, 5) is 13.7. The molecule has 2 aromatic rings. The van der Waals surface area contributed by atoms with Crippen molar-refractivity contribution in [1.82, 2.24) is 4.90 Å². The first-order chi connectivity index (χ1) is 10.6. The van der Waals surface area contributed by atoms with Crippen LogP contribution in [0.1, 0.15) is 11.1 Å². The lowest BCUT2D eigenvalue weighted by Crippen LogP contribution is -2.30. The van der Waals surface area contributed by atoms with Crippen LogP contribution in [0.25, 0.3) is 0 Å². The topological polar surface area (TPSA) is 53.3 Å². The van der Waals surface area contributed by atoms with E-state index in [2.05, 4.69) is 28.7 Å². The van der Waals surface area contributed by atoms with Crippen LogP contribution in [0.15, 0.2) is 48.5 Å². The van der Waals surface area contributed by atoms with Crippen molar-refractivity contribution < 1.29 is 9.53 Å². The third kappa shape index (κ3) is 4.74. The largest absolute Gasteiger partial charge is 0.484 e. The van der Waals surface area contributed by atoms with Gasteiger partial charge < -0.3 is 9.64 Å². The fourth-order valence-corrected chi connectivity index (χ4v) is 2.25. The number of amides is 1. The molecule has 0 atom stereocenters. The average Bonchev–Trinajstić information content (AvgIpc) is 2.54. The van der Waals surface area contributed by atoms with Gasteiger partial charge in [0.25, 0.3) is 5.91 Å². The molecule has 0 aliphatic heterocycles. The molecule has 0 aromatic heterocycles. The molecule has 0 spiro atoms. The molecule has 112 valence electrons. The van der Waals surface area contributed by atoms with Gasteiger partial charge in [0.15, 0.2) is 6.61 Å². The first-order valence-electron chi connectivity index (χ1n) is 6.70. The molecule has 2 aromatic carbocycles. The zero-order chi connectivity index (χ0) is 15.9. The lowest BCUT2D eigenvalue weighted by Gasteiger charge is -2.17. The van der Waals surface area contributed by atoms with E-state index in [9.17, 15) is 4.79 Å². The van der Waals surface area contributed by atoms with Crippen molar-refractivity contribution in [3.63, 3.8) is 0 Å². The zero-order valence-electron chi connectivity index (χ0n) is 12.1. The number of ether oxygens (including phenoxy) is 1. The summed E-state index contributed by atoms with van der Waals surface area (Å²) in [6.45, 7) is 0.444. The average molecular weight is 406 g/mol. The summed E-state index contributed by atoms with van der Waals surface area (Å²) in [5, 5.41) is 8.88. The van der Waals surface area contributed by atoms with Crippen molar-refractivity contribution in [1.29, 1.82) is 5.26 Å². The maximum atomic E-state index is 12.1. The molecule has 1 amide bonds. The molecule has 0 N–H and O–H groups in total. The summed E-state index contributed by atoms with van der Waals surface area (Å²) in [7, 11) is 1.72. The number of halogens is 1. The second-order valence-electron chi connectivity index (χ2n) is 4.80. The van der Waals surface area contributed by atoms with Crippen LogP contribution < -0.4 is 4.74 Å². The van der Waals surface area contributed by atoms with Gasteiger partial charge in [0.2, 0.25) is 0 Å². The van der Waals surface area contributed by atoms with Crippen LogP contribution in [0.4, 0.5) is 0 Å². The van der Waals surface area contributed by atoms with Gasteiger partial charge in [0.05, 0.1) is 11.6 Å². The Labute approximate surface area is 143 Å². The summed E-state index contributed by atoms with van der Waals surface area (Å²) in [6.07, 6.45) is 0. The van der Waals surface area contributed by atoms with Crippen LogP contribution in [-0.4, -0.2) is 24.5 Å². The van der Waals surface area contributed by atoms with E-state index in [1.54, 1.807) is 24.1 Å². The smallest absolute Gasteiger partial charge is 0.260 e. The Morgan fingerprint density at radius 2 is 2.00 bits per heavy atom. The minimum absolute atomic E-state index is 0.00493. The fraction of sp³-hybridized carbons (Fsp3) is 0.176. The molecule has 0 unspecified atom stereocenters. The standard InChI is InChI=1S/C17H15IN2O2/c1-20(11-14-4-2-3-13(9-14)10-19)17(21)12-22-16-7-5-15(18)6-8-16/h2-9H,11-12H2,1H3. The number of carbonyl (C=O) groups is 1. The van der Waals surface area contributed by atoms with Gasteiger partial charge in [-0.1, -0.05) is 12.1 Å². The third-order valence-electron chi connectivity index (χ3n) is 3.08. The van der Waals surface area contributed by atoms with Gasteiger partial charge in [0, 0.05) is 17.2 Å². The number of hydrogen-bond acceptors (Lipinski definition) is 3. The lowest BCUT2D eigenvalue weighted by atomic mass is 10.1. The zero-order valence-corrected chi connectivity index (χ0v) is 14.3. The molecule has 0 heterocycles. The molecule has 0 saturated carbocycles. The van der Waals surface area contributed by atoms with E-state index in [4.69, 9.17) is 10.00 Å². The predicted octanol–water partition coefficient (Wildman–Crippen LogP) is 3.20. The number of nitriles is 1. The Kier molecular flexibility index (Phi) is 5.78. The summed E-state index contributed by atoms with van der Waals surface area (Å²) >= 11 is 2.21. The van der Waals surface area contributed by atoms with Crippen LogP contribution >= 0.6 is 22.6 Å². The van der Waals surface area contributed by atoms with Crippen molar-refractivity contribution in [2.24, 2.45) is 0 Å². The molecule has 5 heteroatoms. The Morgan fingerprint density at radius 3 is 2.68 bits per heavy atom. The normalized spacial score (nSPS) is 9.86. The van der Waals surface area contributed by atoms with Gasteiger partial charge in [-0.2, -0.15) is 5.26 Å². The van der Waals surface area contributed by atoms with E-state index in [-0.39, 0.29) is 12.5 Å². The molecular weight excluding hydrogens is 391 g/mol. The van der Waals surface area contributed by atoms with Crippen LogP contribution in [-0.2, 0) is 11.3 Å². The van der Waals surface area contributed by atoms with E-state index in [0.29, 0.717) is 17.9 Å². The van der Waals surface area contributed by atoms with Gasteiger partial charge in [-0.25, -0.2) is 0 Å². The monoisotopic (exact) mass is 406 g/mol. The molecule has 0 radical (unpaired) electrons. The minimum atomic E-state index is -0.110. The molecule has 0 aliphatic carbocycles. The predicted molar refractivity (Wildman–Crippen MR) is 92.3 cm³/mol. The molecule has 0 bridgehead atoms. The van der Waals surface area contributed by atoms with Crippen LogP contribution in [0.5, 0.6) is 5.75 Å². The third-order valence-corrected chi connectivity index (χ3v) is 3.80. The first kappa shape index (κ1) is 16.3. The summed E-state index contributed by atoms with van der Waals surface area (Å²) in [5.41, 5.74) is 1.51. The highest BCUT2D eigenvalue weighted by Crippen LogP contribution is 2.13. The Balaban J connectivity index is 1.89. The molecule has 2 rings (SSSR count). The molecule has 0 aliphatic rings. The number of carbonyl (C=O) groups excluding carboxylic acids is 1. The molecule has 4 nitrogen and oxygen atoms in total. The fourth-order valence-electron chi connectivity index (χ4n) is 1.89. The van der Waals surface area contributed by atoms with E-state index in [1.165, 1.54) is 0 Å². The van der Waals surface area contributed by atoms with Crippen molar-refractivity contribution >= 4 is 28.5 Å². The van der Waals surface area contributed by atoms with Gasteiger partial charge in [-0.15, -0.1) is 0 Å². The SMILES string of the molecule is CN(Cc1cccc(C#N)c1)C(=O)COc1ccc(I)cc1. The van der Waals surface area contributed by atoms with E-state index < -0.39 is 0 Å². The van der Waals surface area contributed by atoms with Crippen LogP contribution in [0, 0.1) is 14.9 Å². The quantitative estimate of drug-likeness (QED) is 0.717. The number of likely N-dealkylation sites (N-methyl/N-ethyl adjacent to an activating group) is 1. The Bertz CT molecular complexity index is 693. The van der Waals surface area contributed by atoms with E-state index in [0.717, 1.165) is 9.13 Å².